The summed E-state index contributed by atoms with van der Waals surface area (Å²) in [4.78, 5) is 39.4. The van der Waals surface area contributed by atoms with Gasteiger partial charge in [-0.05, 0) is 25.3 Å². The minimum Gasteiger partial charge on any atom is -0.480 e. The van der Waals surface area contributed by atoms with Crippen molar-refractivity contribution in [2.24, 2.45) is 5.73 Å². The van der Waals surface area contributed by atoms with Gasteiger partial charge in [0.25, 0.3) is 0 Å². The number of rotatable bonds is 10. The van der Waals surface area contributed by atoms with Crippen molar-refractivity contribution in [2.75, 3.05) is 25.4 Å². The van der Waals surface area contributed by atoms with E-state index >= 15 is 0 Å². The zero-order chi connectivity index (χ0) is 22.3. The van der Waals surface area contributed by atoms with Crippen LogP contribution in [0.2, 0.25) is 0 Å². The number of amides is 2. The molecule has 30 heavy (non-hydrogen) atoms. The maximum Gasteiger partial charge on any atom is 0.521 e. The van der Waals surface area contributed by atoms with Crippen LogP contribution in [-0.2, 0) is 16.0 Å². The van der Waals surface area contributed by atoms with Crippen LogP contribution in [0.15, 0.2) is 30.3 Å². The number of likely N-dealkylation sites (tertiary alicyclic amines) is 1. The first-order chi connectivity index (χ1) is 14.3. The van der Waals surface area contributed by atoms with Gasteiger partial charge in [0.1, 0.15) is 18.1 Å². The summed E-state index contributed by atoms with van der Waals surface area (Å²) in [6.07, 6.45) is 0.859. The molecule has 2 amide bonds. The predicted octanol–water partition coefficient (Wildman–Crippen LogP) is 1.84. The van der Waals surface area contributed by atoms with Crippen LogP contribution in [0.5, 0.6) is 0 Å². The number of carboxylic acids is 1. The lowest BCUT2D eigenvalue weighted by molar-refractivity contribution is -0.793. The van der Waals surface area contributed by atoms with Crippen molar-refractivity contribution in [1.29, 1.82) is 0 Å². The molecule has 1 aliphatic heterocycles. The average molecular weight is 439 g/mol. The van der Waals surface area contributed by atoms with E-state index < -0.39 is 34.5 Å². The first-order valence-corrected chi connectivity index (χ1v) is 10.9. The molecule has 0 bridgehead atoms. The van der Waals surface area contributed by atoms with Gasteiger partial charge in [0, 0.05) is 31.7 Å². The highest BCUT2D eigenvalue weighted by atomic mass is 32.1. The molecule has 8 nitrogen and oxygen atoms in total. The van der Waals surface area contributed by atoms with Crippen molar-refractivity contribution in [2.45, 2.75) is 50.7 Å². The summed E-state index contributed by atoms with van der Waals surface area (Å²) in [6, 6.07) is 7.21. The van der Waals surface area contributed by atoms with Gasteiger partial charge < -0.3 is 15.9 Å². The van der Waals surface area contributed by atoms with Crippen LogP contribution < -0.4 is 5.73 Å². The number of hydrogen-bond donors (Lipinski definition) is 4. The van der Waals surface area contributed by atoms with Gasteiger partial charge in [0.2, 0.25) is 0 Å². The molecule has 2 rings (SSSR count). The van der Waals surface area contributed by atoms with E-state index in [1.165, 1.54) is 4.90 Å². The van der Waals surface area contributed by atoms with Crippen LogP contribution in [0.3, 0.4) is 0 Å². The Labute approximate surface area is 182 Å². The molecule has 1 aromatic carbocycles. The molecule has 0 saturated carbocycles. The van der Waals surface area contributed by atoms with Gasteiger partial charge in [-0.1, -0.05) is 30.3 Å². The summed E-state index contributed by atoms with van der Waals surface area (Å²) < 4.78 is -0.683. The lowest BCUT2D eigenvalue weighted by Gasteiger charge is -2.38. The van der Waals surface area contributed by atoms with Gasteiger partial charge in [0.15, 0.2) is 0 Å². The summed E-state index contributed by atoms with van der Waals surface area (Å²) in [5.41, 5.74) is 6.74. The number of thiol groups is 1. The third-order valence-electron chi connectivity index (χ3n) is 6.10. The number of aliphatic carboxylic acids is 1. The Balaban J connectivity index is 2.33. The fourth-order valence-electron chi connectivity index (χ4n) is 4.43. The predicted molar refractivity (Wildman–Crippen MR) is 116 cm³/mol. The summed E-state index contributed by atoms with van der Waals surface area (Å²) >= 11 is 4.32. The van der Waals surface area contributed by atoms with E-state index in [1.54, 1.807) is 6.92 Å². The Morgan fingerprint density at radius 1 is 1.23 bits per heavy atom. The maximum absolute atomic E-state index is 13.5. The molecular formula is C21H32N3O5S+. The fourth-order valence-corrected chi connectivity index (χ4v) is 4.80. The molecule has 1 aromatic rings. The van der Waals surface area contributed by atoms with E-state index in [4.69, 9.17) is 5.73 Å². The minimum atomic E-state index is -1.19. The zero-order valence-corrected chi connectivity index (χ0v) is 18.2. The monoisotopic (exact) mass is 438 g/mol. The molecule has 4 atom stereocenters. The molecule has 0 radical (unpaired) electrons. The quantitative estimate of drug-likeness (QED) is 0.325. The van der Waals surface area contributed by atoms with Gasteiger partial charge in [-0.25, -0.2) is 4.79 Å². The van der Waals surface area contributed by atoms with Crippen LogP contribution in [-0.4, -0.2) is 81.1 Å². The fraction of sp³-hybridized carbons (Fsp3) is 0.571. The number of aryl methyl sites for hydroxylation is 1. The molecule has 1 aliphatic rings. The van der Waals surface area contributed by atoms with Crippen LogP contribution in [0, 0.1) is 0 Å². The highest BCUT2D eigenvalue weighted by molar-refractivity contribution is 7.80. The second-order valence-corrected chi connectivity index (χ2v) is 8.17. The summed E-state index contributed by atoms with van der Waals surface area (Å²) in [5, 5.41) is 19.9. The normalized spacial score (nSPS) is 23.3. The Morgan fingerprint density at radius 2 is 1.90 bits per heavy atom. The van der Waals surface area contributed by atoms with E-state index in [1.807, 2.05) is 30.3 Å². The second-order valence-electron chi connectivity index (χ2n) is 7.81. The van der Waals surface area contributed by atoms with Crippen molar-refractivity contribution >= 4 is 30.6 Å². The first-order valence-electron chi connectivity index (χ1n) is 10.3. The van der Waals surface area contributed by atoms with E-state index in [2.05, 4.69) is 12.6 Å². The van der Waals surface area contributed by atoms with Crippen molar-refractivity contribution in [1.82, 2.24) is 4.90 Å². The van der Waals surface area contributed by atoms with Crippen molar-refractivity contribution in [3.8, 4) is 0 Å². The Bertz CT molecular complexity index is 747. The molecule has 4 N–H and O–H groups in total. The topological polar surface area (TPSA) is 121 Å². The van der Waals surface area contributed by atoms with E-state index in [0.29, 0.717) is 19.3 Å². The average Bonchev–Trinajstić information content (AvgIpc) is 3.11. The second kappa shape index (κ2) is 10.9. The van der Waals surface area contributed by atoms with Crippen molar-refractivity contribution < 1.29 is 29.1 Å². The summed E-state index contributed by atoms with van der Waals surface area (Å²) in [5.74, 6) is -1.55. The molecule has 9 heteroatoms. The molecule has 1 heterocycles. The number of imide groups is 1. The SMILES string of the molecule is CC1CCC[N@@+]1(C(=O)O)C(=O)[C@H](CS)N(CCN)[C@@H](CCc1ccccc1)C(=O)O. The maximum atomic E-state index is 13.5. The number of carbonyl (C=O) groups is 3. The molecule has 1 fully saturated rings. The van der Waals surface area contributed by atoms with Crippen LogP contribution in [0.25, 0.3) is 0 Å². The van der Waals surface area contributed by atoms with Crippen LogP contribution in [0.4, 0.5) is 4.79 Å². The van der Waals surface area contributed by atoms with Gasteiger partial charge in [0.05, 0.1) is 6.54 Å². The number of benzene rings is 1. The molecule has 166 valence electrons. The Hall–Kier alpha value is -1.94. The van der Waals surface area contributed by atoms with Gasteiger partial charge in [-0.3, -0.25) is 9.69 Å². The van der Waals surface area contributed by atoms with E-state index in [0.717, 1.165) is 5.56 Å². The highest BCUT2D eigenvalue weighted by Crippen LogP contribution is 2.31. The lowest BCUT2D eigenvalue weighted by Crippen LogP contribution is -2.66. The van der Waals surface area contributed by atoms with Gasteiger partial charge >= 0.3 is 18.0 Å². The molecule has 0 aliphatic carbocycles. The molecule has 1 unspecified atom stereocenters. The molecule has 0 spiro atoms. The number of carbonyl (C=O) groups excluding carboxylic acids is 1. The van der Waals surface area contributed by atoms with Crippen LogP contribution in [0.1, 0.15) is 31.7 Å². The first kappa shape index (κ1) is 24.3. The Kier molecular flexibility index (Phi) is 8.84. The smallest absolute Gasteiger partial charge is 0.480 e. The van der Waals surface area contributed by atoms with Gasteiger partial charge in [-0.2, -0.15) is 21.9 Å². The number of quaternary nitrogens is 1. The standard InChI is InChI=1S/C21H31N3O5S/c1-15-6-5-13-24(15,21(28)29)19(25)18(14-30)23(12-11-22)17(20(26)27)10-9-16-7-3-2-4-8-16/h2-4,7-8,15,17-18H,5-6,9-14,22H2,1H3,(H2-,26,27,28,29,30)/p+1/t15?,17-,18-,24-/m0/s1. The van der Waals surface area contributed by atoms with Gasteiger partial charge in [-0.15, -0.1) is 0 Å². The third kappa shape index (κ3) is 5.03. The lowest BCUT2D eigenvalue weighted by atomic mass is 10.0. The summed E-state index contributed by atoms with van der Waals surface area (Å²) in [6.45, 7) is 2.27. The molecule has 1 saturated heterocycles. The number of hydrogen-bond acceptors (Lipinski definition) is 6. The number of carboxylic acid groups (broad SMARTS) is 2. The van der Waals surface area contributed by atoms with Crippen molar-refractivity contribution in [3.05, 3.63) is 35.9 Å². The molecule has 0 aromatic heterocycles. The summed E-state index contributed by atoms with van der Waals surface area (Å²) in [7, 11) is 0. The minimum absolute atomic E-state index is 0.0218. The largest absolute Gasteiger partial charge is 0.521 e. The number of nitrogens with two attached hydrogens (primary N) is 1. The molecular weight excluding hydrogens is 406 g/mol. The van der Waals surface area contributed by atoms with E-state index in [9.17, 15) is 24.6 Å². The van der Waals surface area contributed by atoms with E-state index in [-0.39, 0.29) is 37.8 Å². The third-order valence-corrected chi connectivity index (χ3v) is 6.45. The van der Waals surface area contributed by atoms with Crippen LogP contribution >= 0.6 is 12.6 Å². The highest BCUT2D eigenvalue weighted by Gasteiger charge is 2.56. The zero-order valence-electron chi connectivity index (χ0n) is 17.3. The number of nitrogens with zero attached hydrogens (tertiary/aromatic N) is 2. The Morgan fingerprint density at radius 3 is 2.37 bits per heavy atom. The van der Waals surface area contributed by atoms with Crippen molar-refractivity contribution in [3.63, 3.8) is 0 Å².